The van der Waals surface area contributed by atoms with Crippen LogP contribution < -0.4 is 0 Å². The first kappa shape index (κ1) is 18.4. The van der Waals surface area contributed by atoms with E-state index in [1.807, 2.05) is 20.8 Å². The molecule has 0 spiro atoms. The highest BCUT2D eigenvalue weighted by Crippen LogP contribution is 2.53. The summed E-state index contributed by atoms with van der Waals surface area (Å²) in [7, 11) is -5.90. The van der Waals surface area contributed by atoms with Gasteiger partial charge in [0.1, 0.15) is 5.78 Å². The van der Waals surface area contributed by atoms with Crippen molar-refractivity contribution in [1.82, 2.24) is 0 Å². The first-order valence-corrected chi connectivity index (χ1v) is 11.1. The van der Waals surface area contributed by atoms with Gasteiger partial charge in [0, 0.05) is 17.4 Å². The van der Waals surface area contributed by atoms with Crippen molar-refractivity contribution in [3.05, 3.63) is 29.8 Å². The van der Waals surface area contributed by atoms with Gasteiger partial charge >= 0.3 is 10.1 Å². The predicted molar refractivity (Wildman–Crippen MR) is 92.3 cm³/mol. The number of rotatable bonds is 6. The Bertz CT molecular complexity index is 644. The Hall–Kier alpha value is -0.890. The summed E-state index contributed by atoms with van der Waals surface area (Å²) < 4.78 is 36.2. The zero-order valence-corrected chi connectivity index (χ0v) is 15.4. The zero-order valence-electron chi connectivity index (χ0n) is 13.8. The van der Waals surface area contributed by atoms with Crippen LogP contribution >= 0.6 is 10.3 Å². The zero-order chi connectivity index (χ0) is 17.1. The van der Waals surface area contributed by atoms with Crippen LogP contribution in [-0.2, 0) is 23.3 Å². The molecule has 1 heterocycles. The minimum Gasteiger partial charge on any atom is -0.380 e. The van der Waals surface area contributed by atoms with Crippen molar-refractivity contribution in [3.63, 3.8) is 0 Å². The molecule has 2 rings (SSSR count). The molecular formula is C16H24O5S2. The van der Waals surface area contributed by atoms with E-state index in [4.69, 9.17) is 8.37 Å². The number of ether oxygens (including phenoxy) is 1. The van der Waals surface area contributed by atoms with Crippen molar-refractivity contribution in [1.29, 1.82) is 0 Å². The van der Waals surface area contributed by atoms with E-state index in [0.717, 1.165) is 5.56 Å². The van der Waals surface area contributed by atoms with E-state index in [-0.39, 0.29) is 22.3 Å². The normalized spacial score (nSPS) is 19.5. The quantitative estimate of drug-likeness (QED) is 0.780. The Kier molecular flexibility index (Phi) is 5.89. The van der Waals surface area contributed by atoms with Gasteiger partial charge in [-0.15, -0.1) is 10.3 Å². The first-order valence-electron chi connectivity index (χ1n) is 7.64. The number of hydrogen-bond donors (Lipinski definition) is 0. The summed E-state index contributed by atoms with van der Waals surface area (Å²) in [5.41, 5.74) is 0.979. The summed E-state index contributed by atoms with van der Waals surface area (Å²) in [5, 5.41) is 0. The summed E-state index contributed by atoms with van der Waals surface area (Å²) in [5.74, 6) is 1.06. The summed E-state index contributed by atoms with van der Waals surface area (Å²) in [6.07, 6.45) is 0. The van der Waals surface area contributed by atoms with Crippen LogP contribution in [0.1, 0.15) is 19.4 Å². The third kappa shape index (κ3) is 4.79. The summed E-state index contributed by atoms with van der Waals surface area (Å²) >= 11 is 0. The van der Waals surface area contributed by atoms with Crippen LogP contribution in [0.4, 0.5) is 0 Å². The van der Waals surface area contributed by atoms with Gasteiger partial charge in [-0.3, -0.25) is 4.79 Å². The van der Waals surface area contributed by atoms with Gasteiger partial charge in [0.05, 0.1) is 23.9 Å². The van der Waals surface area contributed by atoms with Gasteiger partial charge in [-0.05, 0) is 19.1 Å². The number of ketones is 1. The van der Waals surface area contributed by atoms with Crippen molar-refractivity contribution in [3.8, 4) is 0 Å². The highest BCUT2D eigenvalue weighted by Gasteiger charge is 2.36. The molecule has 5 nitrogen and oxygen atoms in total. The third-order valence-electron chi connectivity index (χ3n) is 3.79. The van der Waals surface area contributed by atoms with E-state index in [1.54, 1.807) is 24.3 Å². The standard InChI is InChI=1S/C16H24O5S2/c1-13(2)16(17)12-22(10-8-20-9-11-22)21-23(18,19)15-6-4-14(3)5-7-15/h4-7,13H,8-12H2,1-3H3. The summed E-state index contributed by atoms with van der Waals surface area (Å²) in [6.45, 7) is 6.41. The average molecular weight is 360 g/mol. The maximum absolute atomic E-state index is 12.6. The van der Waals surface area contributed by atoms with E-state index >= 15 is 0 Å². The van der Waals surface area contributed by atoms with Gasteiger partial charge < -0.3 is 4.74 Å². The van der Waals surface area contributed by atoms with E-state index in [1.165, 1.54) is 0 Å². The van der Waals surface area contributed by atoms with Gasteiger partial charge in [0.25, 0.3) is 0 Å². The molecular weight excluding hydrogens is 336 g/mol. The number of hydrogen-bond acceptors (Lipinski definition) is 5. The topological polar surface area (TPSA) is 69.7 Å². The molecule has 1 fully saturated rings. The van der Waals surface area contributed by atoms with E-state index in [9.17, 15) is 13.2 Å². The van der Waals surface area contributed by atoms with Crippen LogP contribution in [0.2, 0.25) is 0 Å². The monoisotopic (exact) mass is 360 g/mol. The second kappa shape index (κ2) is 7.34. The molecule has 23 heavy (non-hydrogen) atoms. The smallest absolute Gasteiger partial charge is 0.306 e. The van der Waals surface area contributed by atoms with Crippen LogP contribution in [0.25, 0.3) is 0 Å². The van der Waals surface area contributed by atoms with Gasteiger partial charge in [0.15, 0.2) is 0 Å². The SMILES string of the molecule is Cc1ccc(S(=O)(=O)OS2(CC(=O)C(C)C)CCOCC2)cc1. The molecule has 1 aromatic carbocycles. The van der Waals surface area contributed by atoms with Crippen molar-refractivity contribution in [2.75, 3.05) is 30.5 Å². The Labute approximate surface area is 140 Å². The Balaban J connectivity index is 2.26. The molecule has 0 amide bonds. The van der Waals surface area contributed by atoms with Crippen molar-refractivity contribution >= 4 is 26.2 Å². The number of carbonyl (C=O) groups is 1. The number of aryl methyl sites for hydroxylation is 1. The van der Waals surface area contributed by atoms with E-state index in [2.05, 4.69) is 0 Å². The van der Waals surface area contributed by atoms with Crippen molar-refractivity contribution in [2.24, 2.45) is 5.92 Å². The van der Waals surface area contributed by atoms with Gasteiger partial charge in [0.2, 0.25) is 0 Å². The molecule has 0 saturated carbocycles. The molecule has 130 valence electrons. The number of carbonyl (C=O) groups excluding carboxylic acids is 1. The van der Waals surface area contributed by atoms with Crippen molar-refractivity contribution in [2.45, 2.75) is 25.7 Å². The fourth-order valence-electron chi connectivity index (χ4n) is 2.22. The highest BCUT2D eigenvalue weighted by molar-refractivity contribution is 8.33. The van der Waals surface area contributed by atoms with Crippen LogP contribution in [0.3, 0.4) is 0 Å². The molecule has 1 aliphatic heterocycles. The Morgan fingerprint density at radius 1 is 1.22 bits per heavy atom. The lowest BCUT2D eigenvalue weighted by Crippen LogP contribution is -2.33. The van der Waals surface area contributed by atoms with E-state index in [0.29, 0.717) is 24.7 Å². The average Bonchev–Trinajstić information content (AvgIpc) is 2.47. The lowest BCUT2D eigenvalue weighted by atomic mass is 10.1. The molecule has 1 aliphatic rings. The molecule has 0 aliphatic carbocycles. The number of Topliss-reactive ketones (excluding diaryl/α,β-unsaturated/α-hetero) is 1. The maximum atomic E-state index is 12.6. The molecule has 7 heteroatoms. The first-order chi connectivity index (χ1) is 10.7. The fourth-order valence-corrected chi connectivity index (χ4v) is 7.45. The fraction of sp³-hybridized carbons (Fsp3) is 0.562. The molecule has 0 aromatic heterocycles. The summed E-state index contributed by atoms with van der Waals surface area (Å²) in [6, 6.07) is 6.56. The second-order valence-corrected chi connectivity index (χ2v) is 11.0. The molecule has 0 N–H and O–H groups in total. The van der Waals surface area contributed by atoms with Crippen LogP contribution in [0.15, 0.2) is 29.2 Å². The molecule has 0 atom stereocenters. The van der Waals surface area contributed by atoms with Gasteiger partial charge in [-0.2, -0.15) is 8.42 Å². The largest absolute Gasteiger partial charge is 0.380 e. The minimum absolute atomic E-state index is 0.0426. The Morgan fingerprint density at radius 2 is 1.78 bits per heavy atom. The molecule has 0 bridgehead atoms. The summed E-state index contributed by atoms with van der Waals surface area (Å²) in [4.78, 5) is 12.3. The van der Waals surface area contributed by atoms with Crippen LogP contribution in [0, 0.1) is 12.8 Å². The predicted octanol–water partition coefficient (Wildman–Crippen LogP) is 2.68. The molecule has 0 radical (unpaired) electrons. The second-order valence-electron chi connectivity index (χ2n) is 6.09. The van der Waals surface area contributed by atoms with Gasteiger partial charge in [-0.1, -0.05) is 31.5 Å². The Morgan fingerprint density at radius 3 is 2.30 bits per heavy atom. The minimum atomic E-state index is -3.88. The van der Waals surface area contributed by atoms with Crippen LogP contribution in [-0.4, -0.2) is 44.7 Å². The van der Waals surface area contributed by atoms with Crippen LogP contribution in [0.5, 0.6) is 0 Å². The highest BCUT2D eigenvalue weighted by atomic mass is 32.3. The lowest BCUT2D eigenvalue weighted by molar-refractivity contribution is -0.119. The van der Waals surface area contributed by atoms with Crippen molar-refractivity contribution < 1.29 is 21.6 Å². The number of benzene rings is 1. The lowest BCUT2D eigenvalue weighted by Gasteiger charge is -2.40. The maximum Gasteiger partial charge on any atom is 0.306 e. The van der Waals surface area contributed by atoms with E-state index < -0.39 is 20.4 Å². The van der Waals surface area contributed by atoms with Gasteiger partial charge in [-0.25, -0.2) is 3.63 Å². The molecule has 0 unspecified atom stereocenters. The third-order valence-corrected chi connectivity index (χ3v) is 9.15. The molecule has 1 aromatic rings. The molecule has 1 saturated heterocycles.